The van der Waals surface area contributed by atoms with E-state index in [9.17, 15) is 53.1 Å². The van der Waals surface area contributed by atoms with Gasteiger partial charge < -0.3 is 70.6 Å². The third-order valence-corrected chi connectivity index (χ3v) is 17.5. The quantitative estimate of drug-likeness (QED) is 0.0795. The van der Waals surface area contributed by atoms with Gasteiger partial charge in [0.25, 0.3) is 0 Å². The number of aliphatic hydroxyl groups excluding tert-OH is 1. The molecule has 0 aromatic rings. The highest BCUT2D eigenvalue weighted by molar-refractivity contribution is 5.99. The fourth-order valence-electron chi connectivity index (χ4n) is 11.6. The van der Waals surface area contributed by atoms with Gasteiger partial charge >= 0.3 is 0 Å². The molecule has 13 atom stereocenters. The van der Waals surface area contributed by atoms with Crippen molar-refractivity contribution in [2.75, 3.05) is 94.9 Å². The predicted molar refractivity (Wildman–Crippen MR) is 352 cm³/mol. The molecule has 2 saturated heterocycles. The number of rotatable bonds is 19. The zero-order valence-electron chi connectivity index (χ0n) is 59.6. The third-order valence-electron chi connectivity index (χ3n) is 17.5. The summed E-state index contributed by atoms with van der Waals surface area (Å²) in [4.78, 5) is 171. The van der Waals surface area contributed by atoms with Gasteiger partial charge in [0.15, 0.2) is 0 Å². The molecule has 0 spiro atoms. The number of amides is 11. The lowest BCUT2D eigenvalue weighted by molar-refractivity contribution is -0.154. The minimum absolute atomic E-state index is 0.000719. The summed E-state index contributed by atoms with van der Waals surface area (Å²) < 4.78 is 11.6. The Morgan fingerprint density at radius 1 is 0.543 bits per heavy atom. The van der Waals surface area contributed by atoms with Crippen LogP contribution in [0.2, 0.25) is 0 Å². The fraction of sp³-hybridized carbons (Fsp3) is 0.803. The Bertz CT molecular complexity index is 2490. The van der Waals surface area contributed by atoms with E-state index in [2.05, 4.69) is 31.5 Å². The maximum Gasteiger partial charge on any atom is 0.245 e. The second kappa shape index (κ2) is 38.8. The summed E-state index contributed by atoms with van der Waals surface area (Å²) in [6.07, 6.45) is 2.74. The van der Waals surface area contributed by atoms with Gasteiger partial charge in [0.2, 0.25) is 65.0 Å². The summed E-state index contributed by atoms with van der Waals surface area (Å²) in [5, 5.41) is 25.7. The van der Waals surface area contributed by atoms with Crippen molar-refractivity contribution in [3.63, 3.8) is 0 Å². The van der Waals surface area contributed by atoms with Crippen LogP contribution in [0.25, 0.3) is 0 Å². The summed E-state index contributed by atoms with van der Waals surface area (Å²) in [5.41, 5.74) is 0. The zero-order valence-corrected chi connectivity index (χ0v) is 59.6. The van der Waals surface area contributed by atoms with Crippen LogP contribution in [0.4, 0.5) is 0 Å². The Kier molecular flexibility index (Phi) is 34.5. The number of carbonyl (C=O) groups excluding carboxylic acids is 11. The Morgan fingerprint density at radius 2 is 1.03 bits per heavy atom. The molecule has 0 aromatic heterocycles. The van der Waals surface area contributed by atoms with E-state index in [0.29, 0.717) is 32.8 Å². The van der Waals surface area contributed by atoms with E-state index >= 15 is 4.79 Å². The second-order valence-electron chi connectivity index (χ2n) is 27.5. The molecule has 2 rings (SSSR count). The molecule has 2 aliphatic heterocycles. The van der Waals surface area contributed by atoms with E-state index in [1.807, 2.05) is 41.5 Å². The lowest BCUT2D eigenvalue weighted by atomic mass is 9.92. The number of likely N-dealkylation sites (N-methyl/N-ethyl adjacent to an activating group) is 6. The van der Waals surface area contributed by atoms with Gasteiger partial charge in [-0.3, -0.25) is 57.6 Å². The van der Waals surface area contributed by atoms with Crippen molar-refractivity contribution < 1.29 is 67.3 Å². The van der Waals surface area contributed by atoms with Gasteiger partial charge in [-0.2, -0.15) is 0 Å². The molecule has 0 radical (unpaired) electrons. The molecular weight excluding hydrogens is 1180 g/mol. The van der Waals surface area contributed by atoms with E-state index in [4.69, 9.17) is 9.47 Å². The van der Waals surface area contributed by atoms with E-state index in [1.54, 1.807) is 67.5 Å². The minimum Gasteiger partial charge on any atom is -0.390 e. The van der Waals surface area contributed by atoms with Crippen molar-refractivity contribution in [3.8, 4) is 0 Å². The number of aliphatic hydroxyl groups is 1. The molecule has 0 saturated carbocycles. The van der Waals surface area contributed by atoms with E-state index in [0.717, 1.165) is 18.0 Å². The van der Waals surface area contributed by atoms with Crippen molar-refractivity contribution in [1.82, 2.24) is 60.9 Å². The number of carbonyl (C=O) groups is 11. The van der Waals surface area contributed by atoms with Gasteiger partial charge in [-0.1, -0.05) is 102 Å². The first-order valence-corrected chi connectivity index (χ1v) is 33.1. The fourth-order valence-corrected chi connectivity index (χ4v) is 11.6. The smallest absolute Gasteiger partial charge is 0.245 e. The Hall–Kier alpha value is -6.25. The lowest BCUT2D eigenvalue weighted by Crippen LogP contribution is -2.63. The lowest BCUT2D eigenvalue weighted by Gasteiger charge is -2.40. The second-order valence-corrected chi connectivity index (χ2v) is 27.5. The molecule has 0 bridgehead atoms. The molecule has 526 valence electrons. The third kappa shape index (κ3) is 23.9. The number of hydrogen-bond acceptors (Lipinski definition) is 15. The van der Waals surface area contributed by atoms with Crippen LogP contribution >= 0.6 is 0 Å². The highest BCUT2D eigenvalue weighted by atomic mass is 16.5. The molecule has 0 aromatic carbocycles. The Labute approximate surface area is 549 Å². The highest BCUT2D eigenvalue weighted by Crippen LogP contribution is 2.24. The average Bonchev–Trinajstić information content (AvgIpc) is 0.864. The average molecular weight is 1300 g/mol. The van der Waals surface area contributed by atoms with Gasteiger partial charge in [-0.15, -0.1) is 0 Å². The number of allylic oxidation sites excluding steroid dienone is 2. The highest BCUT2D eigenvalue weighted by Gasteiger charge is 2.44. The van der Waals surface area contributed by atoms with Crippen molar-refractivity contribution in [3.05, 3.63) is 12.2 Å². The normalized spacial score (nSPS) is 27.2. The largest absolute Gasteiger partial charge is 0.390 e. The minimum atomic E-state index is -1.68. The van der Waals surface area contributed by atoms with Gasteiger partial charge in [0, 0.05) is 67.8 Å². The van der Waals surface area contributed by atoms with Crippen molar-refractivity contribution in [2.45, 2.75) is 209 Å². The first-order chi connectivity index (χ1) is 42.9. The SMILES string of the molecule is C/C=C/C[C@@H](C)[C@@H](O)[C@@H]1NC(=O)[C@H](C(C)C)N(C)C(=O)[C@H](CC(C)C)N(C)C(=O)[C@H](CC(C)C)N(C)C(=O)[C@@H](C)NC(=O)[C@H](C)NC(=O)[C@H](CC(C)C)N(C)C(=O)[C@H](C(C)C)NC(=O)[C@H]([C@H](C)COCCN2CCOCC2)N(C)C(=O)CN(C)C(=O)[C@H](CC)NC1=O. The van der Waals surface area contributed by atoms with Crippen LogP contribution in [0.3, 0.4) is 0 Å². The number of nitrogens with one attached hydrogen (secondary N) is 5. The molecule has 6 N–H and O–H groups in total. The zero-order chi connectivity index (χ0) is 70.3. The van der Waals surface area contributed by atoms with Gasteiger partial charge in [0.05, 0.1) is 39.1 Å². The van der Waals surface area contributed by atoms with Crippen LogP contribution in [0.1, 0.15) is 143 Å². The van der Waals surface area contributed by atoms with Crippen LogP contribution in [0, 0.1) is 41.4 Å². The molecule has 26 heteroatoms. The summed E-state index contributed by atoms with van der Waals surface area (Å²) in [6.45, 7) is 30.6. The maximum absolute atomic E-state index is 15.1. The molecule has 11 amide bonds. The molecule has 2 aliphatic rings. The monoisotopic (exact) mass is 1300 g/mol. The van der Waals surface area contributed by atoms with Crippen molar-refractivity contribution in [1.29, 1.82) is 0 Å². The number of morpholine rings is 1. The van der Waals surface area contributed by atoms with Crippen molar-refractivity contribution in [2.24, 2.45) is 41.4 Å². The molecule has 92 heavy (non-hydrogen) atoms. The van der Waals surface area contributed by atoms with E-state index < -0.39 is 162 Å². The molecule has 0 unspecified atom stereocenters. The maximum atomic E-state index is 15.1. The summed E-state index contributed by atoms with van der Waals surface area (Å²) >= 11 is 0. The number of hydrogen-bond donors (Lipinski definition) is 6. The van der Waals surface area contributed by atoms with Crippen LogP contribution in [0.15, 0.2) is 12.2 Å². The molecule has 2 heterocycles. The predicted octanol–water partition coefficient (Wildman–Crippen LogP) is 1.87. The van der Waals surface area contributed by atoms with Gasteiger partial charge in [-0.25, -0.2) is 0 Å². The topological polar surface area (TPSA) is 309 Å². The first kappa shape index (κ1) is 81.8. The summed E-state index contributed by atoms with van der Waals surface area (Å²) in [6, 6.07) is -12.8. The standard InChI is InChI=1S/C66H118N12O14/c1-23-25-26-43(13)56(80)53-59(83)69-47(24-2)63(87)72(17)36-51(79)76(21)55(44(14)37-92-32-29-78-27-30-91-31-28-78)61(85)70-52(41(9)10)66(90)73(18)48(33-38(3)4)58(82)67-45(15)57(81)68-46(16)62(86)74(19)49(34-39(5)6)64(88)75(20)50(35-40(7)8)65(89)77(22)54(42(11)12)60(84)71-53/h23,25,38-50,52-56,80H,24,26-37H2,1-22H3,(H,67,82)(H,68,81)(H,69,83)(H,70,85)(H,71,84)/b25-23+/t43-,44-,45+,46-,47+,48+,49+,50+,52+,53+,54+,55+,56-/m1/s1. The van der Waals surface area contributed by atoms with E-state index in [1.165, 1.54) is 80.6 Å². The van der Waals surface area contributed by atoms with Crippen LogP contribution in [-0.4, -0.2) is 266 Å². The molecule has 26 nitrogen and oxygen atoms in total. The first-order valence-electron chi connectivity index (χ1n) is 33.1. The van der Waals surface area contributed by atoms with Crippen LogP contribution in [0.5, 0.6) is 0 Å². The van der Waals surface area contributed by atoms with Crippen molar-refractivity contribution >= 4 is 65.0 Å². The van der Waals surface area contributed by atoms with Crippen LogP contribution in [-0.2, 0) is 62.2 Å². The number of ether oxygens (including phenoxy) is 2. The van der Waals surface area contributed by atoms with Gasteiger partial charge in [-0.05, 0) is 88.4 Å². The summed E-state index contributed by atoms with van der Waals surface area (Å²) in [7, 11) is 8.50. The summed E-state index contributed by atoms with van der Waals surface area (Å²) in [5.74, 6) is -10.8. The van der Waals surface area contributed by atoms with Crippen LogP contribution < -0.4 is 26.6 Å². The van der Waals surface area contributed by atoms with E-state index in [-0.39, 0.29) is 50.0 Å². The van der Waals surface area contributed by atoms with Gasteiger partial charge in [0.1, 0.15) is 60.4 Å². The molecule has 2 fully saturated rings. The molecular formula is C66H118N12O14. The Balaban J connectivity index is 2.95. The molecule has 0 aliphatic carbocycles. The Morgan fingerprint density at radius 3 is 1.54 bits per heavy atom. The number of nitrogens with zero attached hydrogens (tertiary/aromatic N) is 7.